The van der Waals surface area contributed by atoms with Gasteiger partial charge >= 0.3 is 0 Å². The Morgan fingerprint density at radius 3 is 2.95 bits per heavy atom. The minimum atomic E-state index is -0.429. The Balaban J connectivity index is 2.08. The van der Waals surface area contributed by atoms with Gasteiger partial charge in [0.25, 0.3) is 0 Å². The van der Waals surface area contributed by atoms with Crippen LogP contribution >= 0.6 is 0 Å². The molecule has 1 atom stereocenters. The van der Waals surface area contributed by atoms with Crippen LogP contribution in [-0.4, -0.2) is 30.4 Å². The first-order chi connectivity index (χ1) is 10.2. The topological polar surface area (TPSA) is 56.1 Å². The number of nitrogens with one attached hydrogen (secondary N) is 1. The lowest BCUT2D eigenvalue weighted by Crippen LogP contribution is -2.42. The van der Waals surface area contributed by atoms with Crippen LogP contribution in [-0.2, 0) is 11.3 Å². The Bertz CT molecular complexity index is 547. The predicted octanol–water partition coefficient (Wildman–Crippen LogP) is 2.05. The average molecular weight is 289 g/mol. The molecule has 1 heterocycles. The quantitative estimate of drug-likeness (QED) is 0.923. The van der Waals surface area contributed by atoms with Gasteiger partial charge in [0, 0.05) is 25.2 Å². The van der Waals surface area contributed by atoms with Crippen molar-refractivity contribution in [2.75, 3.05) is 19.6 Å². The maximum Gasteiger partial charge on any atom is 0.227 e. The van der Waals surface area contributed by atoms with Crippen LogP contribution in [0.3, 0.4) is 0 Å². The van der Waals surface area contributed by atoms with Crippen molar-refractivity contribution in [3.05, 3.63) is 35.1 Å². The highest BCUT2D eigenvalue weighted by Gasteiger charge is 2.25. The van der Waals surface area contributed by atoms with Crippen molar-refractivity contribution >= 4 is 5.91 Å². The molecule has 2 rings (SSSR count). The van der Waals surface area contributed by atoms with Crippen molar-refractivity contribution in [2.24, 2.45) is 5.92 Å². The Morgan fingerprint density at radius 2 is 2.38 bits per heavy atom. The summed E-state index contributed by atoms with van der Waals surface area (Å²) in [6.07, 6.45) is 1.89. The summed E-state index contributed by atoms with van der Waals surface area (Å²) >= 11 is 0. The molecule has 21 heavy (non-hydrogen) atoms. The number of nitrogens with zero attached hydrogens (tertiary/aromatic N) is 2. The first kappa shape index (κ1) is 15.5. The van der Waals surface area contributed by atoms with Crippen LogP contribution in [0.25, 0.3) is 0 Å². The Hall–Kier alpha value is -1.93. The second-order valence-corrected chi connectivity index (χ2v) is 5.31. The standard InChI is InChI=1S/C16H20FN3O/c1-2-20(16(21)13-4-3-7-19-10-13)11-14-6-5-12(9-18)8-15(14)17/h5-6,8,13,19H,2-4,7,10-11H2,1H3/t13-/m0/s1. The monoisotopic (exact) mass is 289 g/mol. The van der Waals surface area contributed by atoms with Gasteiger partial charge in [-0.1, -0.05) is 6.07 Å². The Morgan fingerprint density at radius 1 is 1.57 bits per heavy atom. The van der Waals surface area contributed by atoms with E-state index in [1.165, 1.54) is 6.07 Å². The van der Waals surface area contributed by atoms with E-state index in [9.17, 15) is 9.18 Å². The van der Waals surface area contributed by atoms with Crippen molar-refractivity contribution in [2.45, 2.75) is 26.3 Å². The highest BCUT2D eigenvalue weighted by Crippen LogP contribution is 2.17. The van der Waals surface area contributed by atoms with E-state index >= 15 is 0 Å². The molecule has 0 saturated carbocycles. The van der Waals surface area contributed by atoms with Gasteiger partial charge in [-0.15, -0.1) is 0 Å². The third-order valence-corrected chi connectivity index (χ3v) is 3.88. The van der Waals surface area contributed by atoms with Crippen molar-refractivity contribution < 1.29 is 9.18 Å². The SMILES string of the molecule is CCN(Cc1ccc(C#N)cc1F)C(=O)[C@H]1CCCNC1. The van der Waals surface area contributed by atoms with Gasteiger partial charge in [0.1, 0.15) is 5.82 Å². The highest BCUT2D eigenvalue weighted by atomic mass is 19.1. The lowest BCUT2D eigenvalue weighted by atomic mass is 9.98. The molecule has 1 aliphatic rings. The second kappa shape index (κ2) is 7.19. The zero-order valence-electron chi connectivity index (χ0n) is 12.2. The number of rotatable bonds is 4. The molecule has 0 unspecified atom stereocenters. The van der Waals surface area contributed by atoms with Gasteiger partial charge in [-0.2, -0.15) is 5.26 Å². The molecule has 0 radical (unpaired) electrons. The highest BCUT2D eigenvalue weighted by molar-refractivity contribution is 5.79. The van der Waals surface area contributed by atoms with Crippen molar-refractivity contribution in [1.29, 1.82) is 5.26 Å². The Labute approximate surface area is 124 Å². The van der Waals surface area contributed by atoms with E-state index in [0.29, 0.717) is 24.2 Å². The number of halogens is 1. The lowest BCUT2D eigenvalue weighted by molar-refractivity contribution is -0.136. The first-order valence-electron chi connectivity index (χ1n) is 7.33. The number of benzene rings is 1. The summed E-state index contributed by atoms with van der Waals surface area (Å²) in [5.74, 6) is -0.365. The molecule has 0 aromatic heterocycles. The van der Waals surface area contributed by atoms with Crippen LogP contribution in [0.1, 0.15) is 30.9 Å². The molecular formula is C16H20FN3O. The van der Waals surface area contributed by atoms with Crippen molar-refractivity contribution in [3.8, 4) is 6.07 Å². The van der Waals surface area contributed by atoms with Gasteiger partial charge in [0.05, 0.1) is 17.6 Å². The molecule has 4 nitrogen and oxygen atoms in total. The summed E-state index contributed by atoms with van der Waals surface area (Å²) in [6, 6.07) is 6.29. The molecule has 0 spiro atoms. The molecule has 1 saturated heterocycles. The summed E-state index contributed by atoms with van der Waals surface area (Å²) in [6.45, 7) is 4.36. The maximum atomic E-state index is 13.9. The molecular weight excluding hydrogens is 269 g/mol. The van der Waals surface area contributed by atoms with Crippen LogP contribution in [0.4, 0.5) is 4.39 Å². The summed E-state index contributed by atoms with van der Waals surface area (Å²) < 4.78 is 13.9. The normalized spacial score (nSPS) is 18.0. The molecule has 1 fully saturated rings. The number of hydrogen-bond acceptors (Lipinski definition) is 3. The fourth-order valence-electron chi connectivity index (χ4n) is 2.62. The van der Waals surface area contributed by atoms with Crippen LogP contribution in [0.15, 0.2) is 18.2 Å². The zero-order chi connectivity index (χ0) is 15.2. The second-order valence-electron chi connectivity index (χ2n) is 5.31. The number of piperidine rings is 1. The van der Waals surface area contributed by atoms with Crippen LogP contribution < -0.4 is 5.32 Å². The minimum Gasteiger partial charge on any atom is -0.338 e. The number of carbonyl (C=O) groups is 1. The third kappa shape index (κ3) is 3.79. The van der Waals surface area contributed by atoms with E-state index in [1.807, 2.05) is 13.0 Å². The van der Waals surface area contributed by atoms with Crippen LogP contribution in [0.5, 0.6) is 0 Å². The molecule has 1 N–H and O–H groups in total. The molecule has 1 aromatic carbocycles. The fourth-order valence-corrected chi connectivity index (χ4v) is 2.62. The Kier molecular flexibility index (Phi) is 5.29. The summed E-state index contributed by atoms with van der Waals surface area (Å²) in [4.78, 5) is 14.2. The van der Waals surface area contributed by atoms with E-state index in [2.05, 4.69) is 5.32 Å². The number of hydrogen-bond donors (Lipinski definition) is 1. The van der Waals surface area contributed by atoms with Gasteiger partial charge in [0.2, 0.25) is 5.91 Å². The van der Waals surface area contributed by atoms with E-state index in [-0.39, 0.29) is 18.4 Å². The molecule has 112 valence electrons. The summed E-state index contributed by atoms with van der Waals surface area (Å²) in [5, 5.41) is 12.0. The zero-order valence-corrected chi connectivity index (χ0v) is 12.2. The van der Waals surface area contributed by atoms with E-state index in [1.54, 1.807) is 17.0 Å². The van der Waals surface area contributed by atoms with Crippen molar-refractivity contribution in [3.63, 3.8) is 0 Å². The molecule has 1 aromatic rings. The van der Waals surface area contributed by atoms with Gasteiger partial charge in [-0.3, -0.25) is 4.79 Å². The molecule has 5 heteroatoms. The number of amides is 1. The van der Waals surface area contributed by atoms with E-state index in [0.717, 1.165) is 19.4 Å². The average Bonchev–Trinajstić information content (AvgIpc) is 2.54. The van der Waals surface area contributed by atoms with Gasteiger partial charge in [-0.05, 0) is 38.4 Å². The summed E-state index contributed by atoms with van der Waals surface area (Å²) in [7, 11) is 0. The van der Waals surface area contributed by atoms with E-state index in [4.69, 9.17) is 5.26 Å². The number of carbonyl (C=O) groups excluding carboxylic acids is 1. The van der Waals surface area contributed by atoms with Gasteiger partial charge in [-0.25, -0.2) is 4.39 Å². The molecule has 1 aliphatic heterocycles. The number of nitriles is 1. The fraction of sp³-hybridized carbons (Fsp3) is 0.500. The van der Waals surface area contributed by atoms with Gasteiger partial charge < -0.3 is 10.2 Å². The van der Waals surface area contributed by atoms with Crippen LogP contribution in [0, 0.1) is 23.1 Å². The summed E-state index contributed by atoms with van der Waals surface area (Å²) in [5.41, 5.74) is 0.745. The minimum absolute atomic E-state index is 0.0138. The lowest BCUT2D eigenvalue weighted by Gasteiger charge is -2.29. The van der Waals surface area contributed by atoms with Crippen molar-refractivity contribution in [1.82, 2.24) is 10.2 Å². The third-order valence-electron chi connectivity index (χ3n) is 3.88. The van der Waals surface area contributed by atoms with E-state index < -0.39 is 5.82 Å². The molecule has 0 aliphatic carbocycles. The molecule has 1 amide bonds. The maximum absolute atomic E-state index is 13.9. The first-order valence-corrected chi connectivity index (χ1v) is 7.33. The van der Waals surface area contributed by atoms with Crippen LogP contribution in [0.2, 0.25) is 0 Å². The van der Waals surface area contributed by atoms with Gasteiger partial charge in [0.15, 0.2) is 0 Å². The largest absolute Gasteiger partial charge is 0.338 e. The smallest absolute Gasteiger partial charge is 0.227 e. The predicted molar refractivity (Wildman–Crippen MR) is 77.8 cm³/mol. The molecule has 0 bridgehead atoms.